The zero-order valence-corrected chi connectivity index (χ0v) is 15.8. The summed E-state index contributed by atoms with van der Waals surface area (Å²) < 4.78 is 2.28. The van der Waals surface area contributed by atoms with Crippen molar-refractivity contribution in [2.24, 2.45) is 10.7 Å². The van der Waals surface area contributed by atoms with Crippen molar-refractivity contribution >= 4 is 43.8 Å². The summed E-state index contributed by atoms with van der Waals surface area (Å²) in [6, 6.07) is 7.89. The molecule has 1 atom stereocenters. The van der Waals surface area contributed by atoms with E-state index in [0.29, 0.717) is 5.96 Å². The first-order valence-electron chi connectivity index (χ1n) is 8.22. The average Bonchev–Trinajstić information content (AvgIpc) is 2.98. The zero-order valence-electron chi connectivity index (χ0n) is 15.0. The summed E-state index contributed by atoms with van der Waals surface area (Å²) in [4.78, 5) is 21.8. The van der Waals surface area contributed by atoms with Crippen LogP contribution in [0.3, 0.4) is 0 Å². The van der Waals surface area contributed by atoms with Crippen molar-refractivity contribution < 1.29 is 4.79 Å². The standard InChI is InChI=1S/C20H20N4OS/c1-4-5-14-11-16-15-10-13(6-7-18(15)26-19(16)12-22-14)17(8-9-25)23-20(21)24(2)3/h6-7,9-12,17H,8H2,1-3H3,(H2,21,23). The summed E-state index contributed by atoms with van der Waals surface area (Å²) in [5.74, 6) is 6.29. The number of carbonyl (C=O) groups is 1. The normalized spacial score (nSPS) is 12.7. The molecule has 132 valence electrons. The highest BCUT2D eigenvalue weighted by Crippen LogP contribution is 2.36. The van der Waals surface area contributed by atoms with E-state index in [4.69, 9.17) is 5.73 Å². The molecule has 3 rings (SSSR count). The molecule has 3 aromatic rings. The van der Waals surface area contributed by atoms with Crippen molar-refractivity contribution in [3.63, 3.8) is 0 Å². The highest BCUT2D eigenvalue weighted by molar-refractivity contribution is 7.25. The maximum Gasteiger partial charge on any atom is 0.191 e. The number of benzene rings is 1. The van der Waals surface area contributed by atoms with Gasteiger partial charge in [0, 0.05) is 42.2 Å². The minimum Gasteiger partial charge on any atom is -0.370 e. The lowest BCUT2D eigenvalue weighted by Gasteiger charge is -2.16. The van der Waals surface area contributed by atoms with Crippen molar-refractivity contribution in [2.45, 2.75) is 19.4 Å². The number of nitrogens with zero attached hydrogens (tertiary/aromatic N) is 3. The Morgan fingerprint density at radius 2 is 2.12 bits per heavy atom. The van der Waals surface area contributed by atoms with Gasteiger partial charge in [-0.2, -0.15) is 0 Å². The number of aldehydes is 1. The molecule has 2 aromatic heterocycles. The highest BCUT2D eigenvalue weighted by Gasteiger charge is 2.14. The molecule has 0 radical (unpaired) electrons. The summed E-state index contributed by atoms with van der Waals surface area (Å²) in [5, 5.41) is 2.24. The topological polar surface area (TPSA) is 71.6 Å². The van der Waals surface area contributed by atoms with E-state index >= 15 is 0 Å². The van der Waals surface area contributed by atoms with E-state index in [1.165, 1.54) is 4.70 Å². The summed E-state index contributed by atoms with van der Waals surface area (Å²) >= 11 is 1.69. The fourth-order valence-electron chi connectivity index (χ4n) is 2.73. The van der Waals surface area contributed by atoms with Gasteiger partial charge in [-0.25, -0.2) is 9.98 Å². The Morgan fingerprint density at radius 3 is 2.81 bits per heavy atom. The van der Waals surface area contributed by atoms with Gasteiger partial charge >= 0.3 is 0 Å². The summed E-state index contributed by atoms with van der Waals surface area (Å²) in [6.07, 6.45) is 3.03. The highest BCUT2D eigenvalue weighted by atomic mass is 32.1. The third-order valence-corrected chi connectivity index (χ3v) is 5.21. The zero-order chi connectivity index (χ0) is 18.7. The number of thiophene rings is 1. The predicted molar refractivity (Wildman–Crippen MR) is 108 cm³/mol. The van der Waals surface area contributed by atoms with E-state index in [-0.39, 0.29) is 12.5 Å². The molecule has 0 saturated heterocycles. The quantitative estimate of drug-likeness (QED) is 0.334. The Bertz CT molecular complexity index is 1060. The second kappa shape index (κ2) is 7.54. The molecule has 0 aliphatic carbocycles. The van der Waals surface area contributed by atoms with Gasteiger partial charge in [0.15, 0.2) is 5.96 Å². The SMILES string of the molecule is CC#Cc1cc2c(cn1)sc1ccc(C(CC=O)N=C(N)N(C)C)cc12. The summed E-state index contributed by atoms with van der Waals surface area (Å²) in [5.41, 5.74) is 7.68. The van der Waals surface area contributed by atoms with E-state index in [2.05, 4.69) is 33.9 Å². The number of hydrogen-bond donors (Lipinski definition) is 1. The van der Waals surface area contributed by atoms with Crippen molar-refractivity contribution in [3.8, 4) is 11.8 Å². The molecule has 1 unspecified atom stereocenters. The Hall–Kier alpha value is -2.91. The lowest BCUT2D eigenvalue weighted by Crippen LogP contribution is -2.31. The number of hydrogen-bond acceptors (Lipinski definition) is 4. The van der Waals surface area contributed by atoms with Crippen LogP contribution in [0.2, 0.25) is 0 Å². The van der Waals surface area contributed by atoms with Crippen LogP contribution in [-0.2, 0) is 4.79 Å². The van der Waals surface area contributed by atoms with Crippen LogP contribution < -0.4 is 5.73 Å². The van der Waals surface area contributed by atoms with Gasteiger partial charge in [0.05, 0.1) is 10.7 Å². The number of fused-ring (bicyclic) bond motifs is 3. The molecule has 26 heavy (non-hydrogen) atoms. The van der Waals surface area contributed by atoms with E-state index < -0.39 is 0 Å². The van der Waals surface area contributed by atoms with Gasteiger partial charge in [-0.05, 0) is 36.6 Å². The van der Waals surface area contributed by atoms with Crippen LogP contribution in [0.5, 0.6) is 0 Å². The Labute approximate surface area is 156 Å². The lowest BCUT2D eigenvalue weighted by atomic mass is 10.0. The van der Waals surface area contributed by atoms with Crippen LogP contribution in [0.25, 0.3) is 20.2 Å². The molecular weight excluding hydrogens is 344 g/mol. The van der Waals surface area contributed by atoms with Crippen molar-refractivity contribution in [1.82, 2.24) is 9.88 Å². The van der Waals surface area contributed by atoms with Gasteiger partial charge in [0.25, 0.3) is 0 Å². The van der Waals surface area contributed by atoms with Gasteiger partial charge in [-0.15, -0.1) is 11.3 Å². The molecule has 0 amide bonds. The number of guanidine groups is 1. The molecule has 1 aromatic carbocycles. The number of aliphatic imine (C=N–C) groups is 1. The minimum absolute atomic E-state index is 0.288. The van der Waals surface area contributed by atoms with E-state index in [1.807, 2.05) is 32.4 Å². The fraction of sp³-hybridized carbons (Fsp3) is 0.250. The summed E-state index contributed by atoms with van der Waals surface area (Å²) in [6.45, 7) is 1.80. The Kier molecular flexibility index (Phi) is 5.19. The molecule has 5 nitrogen and oxygen atoms in total. The van der Waals surface area contributed by atoms with Gasteiger partial charge < -0.3 is 15.4 Å². The first kappa shape index (κ1) is 17.9. The average molecular weight is 364 g/mol. The van der Waals surface area contributed by atoms with Crippen molar-refractivity contribution in [3.05, 3.63) is 41.7 Å². The van der Waals surface area contributed by atoms with Crippen molar-refractivity contribution in [2.75, 3.05) is 14.1 Å². The van der Waals surface area contributed by atoms with Gasteiger partial charge in [0.1, 0.15) is 12.0 Å². The molecule has 0 spiro atoms. The third kappa shape index (κ3) is 3.53. The number of rotatable bonds is 4. The maximum atomic E-state index is 11.1. The van der Waals surface area contributed by atoms with Crippen LogP contribution in [0, 0.1) is 11.8 Å². The van der Waals surface area contributed by atoms with Crippen LogP contribution in [0.15, 0.2) is 35.5 Å². The molecular formula is C20H20N4OS. The third-order valence-electron chi connectivity index (χ3n) is 4.08. The number of aromatic nitrogens is 1. The van der Waals surface area contributed by atoms with Gasteiger partial charge in [0.2, 0.25) is 0 Å². The van der Waals surface area contributed by atoms with Gasteiger partial charge in [-0.3, -0.25) is 0 Å². The second-order valence-corrected chi connectivity index (χ2v) is 7.18. The van der Waals surface area contributed by atoms with E-state index in [0.717, 1.165) is 33.0 Å². The predicted octanol–water partition coefficient (Wildman–Crippen LogP) is 3.33. The monoisotopic (exact) mass is 364 g/mol. The molecule has 0 fully saturated rings. The van der Waals surface area contributed by atoms with Crippen LogP contribution in [0.4, 0.5) is 0 Å². The number of nitrogens with two attached hydrogens (primary N) is 1. The first-order chi connectivity index (χ1) is 12.5. The molecule has 0 aliphatic heterocycles. The first-order valence-corrected chi connectivity index (χ1v) is 9.04. The molecule has 0 aliphatic rings. The smallest absolute Gasteiger partial charge is 0.191 e. The number of carbonyl (C=O) groups excluding carboxylic acids is 1. The fourth-order valence-corrected chi connectivity index (χ4v) is 3.77. The second-order valence-electron chi connectivity index (χ2n) is 6.10. The molecule has 0 saturated carbocycles. The number of pyridine rings is 1. The van der Waals surface area contributed by atoms with Crippen LogP contribution in [0.1, 0.15) is 30.6 Å². The lowest BCUT2D eigenvalue weighted by molar-refractivity contribution is -0.108. The molecule has 0 bridgehead atoms. The Morgan fingerprint density at radius 1 is 1.35 bits per heavy atom. The van der Waals surface area contributed by atoms with Crippen LogP contribution in [-0.4, -0.2) is 36.2 Å². The maximum absolute atomic E-state index is 11.1. The van der Waals surface area contributed by atoms with Crippen LogP contribution >= 0.6 is 11.3 Å². The minimum atomic E-state index is -0.300. The largest absolute Gasteiger partial charge is 0.370 e. The van der Waals surface area contributed by atoms with Gasteiger partial charge in [-0.1, -0.05) is 12.0 Å². The van der Waals surface area contributed by atoms with Crippen molar-refractivity contribution in [1.29, 1.82) is 0 Å². The molecule has 2 N–H and O–H groups in total. The molecule has 6 heteroatoms. The Balaban J connectivity index is 2.14. The molecule has 2 heterocycles. The van der Waals surface area contributed by atoms with E-state index in [9.17, 15) is 4.79 Å². The summed E-state index contributed by atoms with van der Waals surface area (Å²) in [7, 11) is 3.66. The van der Waals surface area contributed by atoms with E-state index in [1.54, 1.807) is 23.2 Å².